The molecule has 1 saturated carbocycles. The Labute approximate surface area is 330 Å². The normalized spacial score (nSPS) is 18.4. The van der Waals surface area contributed by atoms with Crippen LogP contribution in [0.25, 0.3) is 0 Å². The number of carbonyl (C=O) groups excluding carboxylic acids is 6. The molecule has 5 rings (SSSR count). The van der Waals surface area contributed by atoms with Crippen molar-refractivity contribution in [3.8, 4) is 0 Å². The third-order valence-corrected chi connectivity index (χ3v) is 10.4. The molecule has 19 heteroatoms. The monoisotopic (exact) mass is 791 g/mol. The van der Waals surface area contributed by atoms with Crippen molar-refractivity contribution in [2.24, 2.45) is 18.7 Å². The van der Waals surface area contributed by atoms with Crippen molar-refractivity contribution in [3.63, 3.8) is 0 Å². The van der Waals surface area contributed by atoms with Gasteiger partial charge in [-0.2, -0.15) is 0 Å². The van der Waals surface area contributed by atoms with Crippen LogP contribution in [0.1, 0.15) is 106 Å². The highest BCUT2D eigenvalue weighted by Crippen LogP contribution is 2.33. The molecule has 2 fully saturated rings. The maximum absolute atomic E-state index is 14.7. The molecular weight excluding hydrogens is 738 g/mol. The maximum atomic E-state index is 14.7. The van der Waals surface area contributed by atoms with Crippen molar-refractivity contribution in [3.05, 3.63) is 59.7 Å². The quantitative estimate of drug-likeness (QED) is 0.0899. The van der Waals surface area contributed by atoms with Crippen LogP contribution in [-0.4, -0.2) is 107 Å². The highest BCUT2D eigenvalue weighted by atomic mass is 16.5. The van der Waals surface area contributed by atoms with Crippen LogP contribution < -0.4 is 21.7 Å². The zero-order valence-electron chi connectivity index (χ0n) is 32.6. The van der Waals surface area contributed by atoms with Crippen LogP contribution in [0.2, 0.25) is 0 Å². The lowest BCUT2D eigenvalue weighted by Gasteiger charge is -2.32. The van der Waals surface area contributed by atoms with E-state index in [-0.39, 0.29) is 44.1 Å². The fraction of sp³-hybridized carbons (Fsp3) is 0.579. The third kappa shape index (κ3) is 11.7. The number of aryl methyl sites for hydroxylation is 1. The van der Waals surface area contributed by atoms with Crippen molar-refractivity contribution < 1.29 is 38.6 Å². The van der Waals surface area contributed by atoms with Gasteiger partial charge < -0.3 is 36.4 Å². The minimum Gasteiger partial charge on any atom is -0.445 e. The van der Waals surface area contributed by atoms with E-state index >= 15 is 0 Å². The summed E-state index contributed by atoms with van der Waals surface area (Å²) in [7, 11) is 1.62. The van der Waals surface area contributed by atoms with Gasteiger partial charge in [0.05, 0.1) is 30.2 Å². The van der Waals surface area contributed by atoms with Crippen LogP contribution in [0.4, 0.5) is 4.79 Å². The van der Waals surface area contributed by atoms with Gasteiger partial charge in [0.1, 0.15) is 24.3 Å². The van der Waals surface area contributed by atoms with Crippen LogP contribution >= 0.6 is 0 Å². The molecule has 3 heterocycles. The highest BCUT2D eigenvalue weighted by molar-refractivity contribution is 6.37. The lowest BCUT2D eigenvalue weighted by atomic mass is 9.84. The number of primary amides is 1. The molecule has 2 aromatic heterocycles. The van der Waals surface area contributed by atoms with Gasteiger partial charge >= 0.3 is 6.09 Å². The zero-order chi connectivity index (χ0) is 41.1. The number of unbranched alkanes of at least 4 members (excludes halogenated alkanes) is 1. The number of amides is 5. The molecule has 1 aromatic carbocycles. The summed E-state index contributed by atoms with van der Waals surface area (Å²) >= 11 is 0. The van der Waals surface area contributed by atoms with Gasteiger partial charge in [0.25, 0.3) is 11.8 Å². The summed E-state index contributed by atoms with van der Waals surface area (Å²) in [5.74, 6) is -3.94. The molecule has 19 nitrogen and oxygen atoms in total. The topological polar surface area (TPSA) is 259 Å². The number of nitrogens with one attached hydrogen (secondary N) is 3. The molecule has 1 saturated heterocycles. The van der Waals surface area contributed by atoms with E-state index in [4.69, 9.17) is 10.5 Å². The van der Waals surface area contributed by atoms with Crippen LogP contribution in [0.5, 0.6) is 0 Å². The number of hydrogen-bond acceptors (Lipinski definition) is 12. The van der Waals surface area contributed by atoms with E-state index in [1.165, 1.54) is 26.7 Å². The van der Waals surface area contributed by atoms with E-state index in [1.807, 2.05) is 30.3 Å². The van der Waals surface area contributed by atoms with Crippen LogP contribution in [-0.2, 0) is 43.2 Å². The number of ketones is 1. The van der Waals surface area contributed by atoms with Crippen molar-refractivity contribution in [1.29, 1.82) is 0 Å². The number of Topliss-reactive ketones (excluding diaryl/α,β-unsaturated/α-hetero) is 1. The first-order valence-electron chi connectivity index (χ1n) is 19.4. The van der Waals surface area contributed by atoms with E-state index in [1.54, 1.807) is 20.9 Å². The number of rotatable bonds is 18. The second-order valence-electron chi connectivity index (χ2n) is 15.3. The fourth-order valence-corrected chi connectivity index (χ4v) is 7.44. The summed E-state index contributed by atoms with van der Waals surface area (Å²) in [4.78, 5) is 80.9. The zero-order valence-corrected chi connectivity index (χ0v) is 32.6. The van der Waals surface area contributed by atoms with E-state index in [0.717, 1.165) is 37.7 Å². The third-order valence-electron chi connectivity index (χ3n) is 10.4. The molecule has 6 N–H and O–H groups in total. The van der Waals surface area contributed by atoms with E-state index in [2.05, 4.69) is 36.6 Å². The van der Waals surface area contributed by atoms with E-state index in [9.17, 15) is 33.9 Å². The second-order valence-corrected chi connectivity index (χ2v) is 15.3. The van der Waals surface area contributed by atoms with Crippen molar-refractivity contribution in [2.45, 2.75) is 114 Å². The minimum absolute atomic E-state index is 0.0166. The Morgan fingerprint density at radius 1 is 1.00 bits per heavy atom. The van der Waals surface area contributed by atoms with Gasteiger partial charge in [-0.25, -0.2) is 9.48 Å². The Balaban J connectivity index is 1.32. The van der Waals surface area contributed by atoms with Crippen molar-refractivity contribution in [2.75, 3.05) is 13.1 Å². The first kappa shape index (κ1) is 42.4. The largest absolute Gasteiger partial charge is 0.445 e. The summed E-state index contributed by atoms with van der Waals surface area (Å²) < 4.78 is 8.07. The number of nitrogens with two attached hydrogens (primary N) is 1. The Morgan fingerprint density at radius 3 is 2.40 bits per heavy atom. The number of nitrogens with zero attached hydrogens (tertiary/aromatic N) is 7. The van der Waals surface area contributed by atoms with Gasteiger partial charge in [0.15, 0.2) is 5.69 Å². The summed E-state index contributed by atoms with van der Waals surface area (Å²) in [6, 6.07) is 5.04. The smallest absolute Gasteiger partial charge is 0.407 e. The van der Waals surface area contributed by atoms with Gasteiger partial charge in [-0.3, -0.25) is 28.7 Å². The number of aliphatic hydroxyl groups is 1. The number of carbonyl (C=O) groups is 6. The summed E-state index contributed by atoms with van der Waals surface area (Å²) in [6.07, 6.45) is 8.13. The summed E-state index contributed by atoms with van der Waals surface area (Å²) in [6.45, 7) is 3.40. The molecule has 3 aromatic rings. The minimum atomic E-state index is -1.36. The molecule has 0 bridgehead atoms. The molecule has 1 aliphatic heterocycles. The van der Waals surface area contributed by atoms with Crippen LogP contribution in [0.15, 0.2) is 42.7 Å². The van der Waals surface area contributed by atoms with Crippen LogP contribution in [0, 0.1) is 5.92 Å². The fourth-order valence-electron chi connectivity index (χ4n) is 7.44. The molecule has 2 aliphatic rings. The number of benzene rings is 1. The molecule has 1 unspecified atom stereocenters. The van der Waals surface area contributed by atoms with E-state index in [0.29, 0.717) is 25.0 Å². The number of likely N-dealkylation sites (tertiary alicyclic amines) is 1. The summed E-state index contributed by atoms with van der Waals surface area (Å²) in [5.41, 5.74) is 5.24. The Hall–Kier alpha value is -5.72. The average Bonchev–Trinajstić information content (AvgIpc) is 3.97. The Morgan fingerprint density at radius 2 is 1.74 bits per heavy atom. The average molecular weight is 792 g/mol. The SMILES string of the molecule is Cn1cc(C(=O)N[C@H](CC2CCCCC2)C(=O)N2C[C@@H](n3nncc3C(C)(C)O)C[C@H]2C(=O)NC(CCCCNC(=O)OCc2ccccc2)C(=O)C(N)=O)nn1. The molecule has 308 valence electrons. The first-order chi connectivity index (χ1) is 27.2. The molecule has 57 heavy (non-hydrogen) atoms. The molecule has 5 amide bonds. The molecule has 1 aliphatic carbocycles. The first-order valence-corrected chi connectivity index (χ1v) is 19.4. The molecular formula is C38H53N11O8. The Bertz CT molecular complexity index is 1870. The molecule has 4 atom stereocenters. The highest BCUT2D eigenvalue weighted by Gasteiger charge is 2.45. The lowest BCUT2D eigenvalue weighted by Crippen LogP contribution is -2.56. The van der Waals surface area contributed by atoms with Gasteiger partial charge in [0, 0.05) is 26.6 Å². The number of aromatic nitrogens is 6. The van der Waals surface area contributed by atoms with Crippen molar-refractivity contribution >= 4 is 35.5 Å². The standard InChI is InChI=1S/C38H53N11O8/c1-38(2,56)31-20-41-45-49(31)26-19-30(48(21-26)36(54)28(18-24-12-6-4-7-13-24)43-34(52)29-22-47(3)46-44-29)35(53)42-27(32(50)33(39)51)16-10-11-17-40-37(55)57-23-25-14-8-5-9-15-25/h5,8-9,14-15,20,22,24,26-28,30,56H,4,6-7,10-13,16-19,21,23H2,1-3H3,(H2,39,51)(H,40,55)(H,42,53)(H,43,52)/t26-,27?,28+,30-/m0/s1. The number of ether oxygens (including phenoxy) is 1. The second kappa shape index (κ2) is 19.4. The predicted octanol–water partition coefficient (Wildman–Crippen LogP) is 1.18. The van der Waals surface area contributed by atoms with Crippen LogP contribution in [0.3, 0.4) is 0 Å². The summed E-state index contributed by atoms with van der Waals surface area (Å²) in [5, 5.41) is 34.9. The number of hydrogen-bond donors (Lipinski definition) is 5. The van der Waals surface area contributed by atoms with Crippen molar-refractivity contribution in [1.82, 2.24) is 50.8 Å². The van der Waals surface area contributed by atoms with Gasteiger partial charge in [-0.05, 0) is 51.0 Å². The molecule has 0 radical (unpaired) electrons. The predicted molar refractivity (Wildman–Crippen MR) is 202 cm³/mol. The van der Waals surface area contributed by atoms with E-state index < -0.39 is 65.3 Å². The lowest BCUT2D eigenvalue weighted by molar-refractivity contribution is -0.142. The molecule has 0 spiro atoms. The van der Waals surface area contributed by atoms with Gasteiger partial charge in [-0.15, -0.1) is 10.2 Å². The van der Waals surface area contributed by atoms with Gasteiger partial charge in [0.2, 0.25) is 17.6 Å². The Kier molecular flexibility index (Phi) is 14.5. The van der Waals surface area contributed by atoms with Gasteiger partial charge in [-0.1, -0.05) is 72.9 Å². The maximum Gasteiger partial charge on any atom is 0.407 e. The number of alkyl carbamates (subject to hydrolysis) is 1.